The van der Waals surface area contributed by atoms with Crippen LogP contribution in [0.4, 0.5) is 26.2 Å². The highest BCUT2D eigenvalue weighted by atomic mass is 19.3. The topological polar surface area (TPSA) is 129 Å². The zero-order chi connectivity index (χ0) is 38.0. The number of rotatable bonds is 7. The first-order chi connectivity index (χ1) is 26.6. The van der Waals surface area contributed by atoms with E-state index in [0.29, 0.717) is 48.2 Å². The van der Waals surface area contributed by atoms with Gasteiger partial charge in [0.05, 0.1) is 24.3 Å². The maximum absolute atomic E-state index is 14.7. The van der Waals surface area contributed by atoms with E-state index in [1.54, 1.807) is 37.1 Å². The monoisotopic (exact) mass is 754 g/mol. The first kappa shape index (κ1) is 35.8. The van der Waals surface area contributed by atoms with Crippen molar-refractivity contribution in [2.24, 2.45) is 12.5 Å². The van der Waals surface area contributed by atoms with Gasteiger partial charge >= 0.3 is 5.97 Å². The molecule has 15 heteroatoms. The van der Waals surface area contributed by atoms with Gasteiger partial charge < -0.3 is 19.8 Å². The second kappa shape index (κ2) is 14.0. The summed E-state index contributed by atoms with van der Waals surface area (Å²) in [5.74, 6) is 0.415. The van der Waals surface area contributed by atoms with E-state index in [1.165, 1.54) is 18.1 Å². The molecule has 1 N–H and O–H groups in total. The summed E-state index contributed by atoms with van der Waals surface area (Å²) in [6.45, 7) is 7.36. The minimum absolute atomic E-state index is 0.00345. The van der Waals surface area contributed by atoms with Crippen molar-refractivity contribution in [2.75, 3.05) is 49.1 Å². The molecule has 7 heterocycles. The van der Waals surface area contributed by atoms with Gasteiger partial charge in [-0.2, -0.15) is 10.2 Å². The van der Waals surface area contributed by atoms with Crippen molar-refractivity contribution in [3.8, 4) is 11.1 Å². The lowest BCUT2D eigenvalue weighted by atomic mass is 9.66. The predicted molar refractivity (Wildman–Crippen MR) is 202 cm³/mol. The number of carbonyl (C=O) groups is 2. The Bertz CT molecular complexity index is 2090. The van der Waals surface area contributed by atoms with Gasteiger partial charge in [-0.05, 0) is 80.0 Å². The van der Waals surface area contributed by atoms with Gasteiger partial charge in [-0.3, -0.25) is 19.1 Å². The van der Waals surface area contributed by atoms with Crippen molar-refractivity contribution in [3.05, 3.63) is 64.9 Å². The highest BCUT2D eigenvalue weighted by molar-refractivity contribution is 5.86. The Morgan fingerprint density at radius 1 is 0.945 bits per heavy atom. The normalized spacial score (nSPS) is 20.5. The number of hydrogen-bond donors (Lipinski definition) is 1. The number of carboxylic acids is 1. The largest absolute Gasteiger partial charge is 0.478 e. The first-order valence-electron chi connectivity index (χ1n) is 19.7. The number of carbonyl (C=O) groups excluding carboxylic acids is 1. The van der Waals surface area contributed by atoms with Crippen LogP contribution in [-0.4, -0.2) is 102 Å². The number of carboxylic acid groups (broad SMARTS) is 1. The van der Waals surface area contributed by atoms with E-state index < -0.39 is 12.4 Å². The van der Waals surface area contributed by atoms with Gasteiger partial charge in [0.1, 0.15) is 0 Å². The molecule has 3 aromatic heterocycles. The Labute approximate surface area is 318 Å². The molecule has 1 spiro atoms. The number of amides is 1. The first-order valence-corrected chi connectivity index (χ1v) is 19.7. The highest BCUT2D eigenvalue weighted by Crippen LogP contribution is 2.50. The van der Waals surface area contributed by atoms with Crippen LogP contribution < -0.4 is 9.80 Å². The molecule has 1 amide bonds. The van der Waals surface area contributed by atoms with Crippen molar-refractivity contribution in [3.63, 3.8) is 0 Å². The molecular weight excluding hydrogens is 707 g/mol. The number of aromatic nitrogens is 6. The van der Waals surface area contributed by atoms with E-state index in [-0.39, 0.29) is 23.1 Å². The maximum atomic E-state index is 14.7. The summed E-state index contributed by atoms with van der Waals surface area (Å²) in [6.07, 6.45) is 12.4. The summed E-state index contributed by atoms with van der Waals surface area (Å²) >= 11 is 0. The summed E-state index contributed by atoms with van der Waals surface area (Å²) in [4.78, 5) is 41.2. The third-order valence-electron chi connectivity index (χ3n) is 13.0. The molecule has 55 heavy (non-hydrogen) atoms. The third-order valence-corrected chi connectivity index (χ3v) is 13.0. The minimum Gasteiger partial charge on any atom is -0.478 e. The van der Waals surface area contributed by atoms with E-state index in [0.717, 1.165) is 107 Å². The van der Waals surface area contributed by atoms with Gasteiger partial charge in [-0.25, -0.2) is 23.5 Å². The lowest BCUT2D eigenvalue weighted by Crippen LogP contribution is -2.62. The molecule has 4 aliphatic heterocycles. The Balaban J connectivity index is 0.908. The van der Waals surface area contributed by atoms with Gasteiger partial charge in [0.15, 0.2) is 5.82 Å². The van der Waals surface area contributed by atoms with Crippen molar-refractivity contribution in [1.29, 1.82) is 0 Å². The minimum atomic E-state index is -2.65. The van der Waals surface area contributed by atoms with Crippen LogP contribution in [0.25, 0.3) is 11.1 Å². The van der Waals surface area contributed by atoms with Crippen LogP contribution in [0.5, 0.6) is 0 Å². The van der Waals surface area contributed by atoms with Crippen LogP contribution in [-0.2, 0) is 31.2 Å². The van der Waals surface area contributed by atoms with Crippen molar-refractivity contribution < 1.29 is 23.5 Å². The lowest BCUT2D eigenvalue weighted by molar-refractivity contribution is -0.129. The molecule has 1 aliphatic carbocycles. The molecule has 3 fully saturated rings. The van der Waals surface area contributed by atoms with Gasteiger partial charge in [-0.15, -0.1) is 0 Å². The molecule has 0 unspecified atom stereocenters. The Kier molecular flexibility index (Phi) is 9.09. The molecule has 0 radical (unpaired) electrons. The van der Waals surface area contributed by atoms with Crippen molar-refractivity contribution >= 4 is 29.3 Å². The number of aromatic carboxylic acids is 1. The van der Waals surface area contributed by atoms with E-state index in [2.05, 4.69) is 34.4 Å². The van der Waals surface area contributed by atoms with E-state index in [4.69, 9.17) is 10.2 Å². The summed E-state index contributed by atoms with van der Waals surface area (Å²) in [5.41, 5.74) is 5.68. The third kappa shape index (κ3) is 6.53. The number of benzene rings is 1. The lowest BCUT2D eigenvalue weighted by Gasteiger charge is -2.57. The van der Waals surface area contributed by atoms with Crippen LogP contribution >= 0.6 is 0 Å². The van der Waals surface area contributed by atoms with Gasteiger partial charge in [0, 0.05) is 112 Å². The molecular formula is C40H48F2N10O3. The zero-order valence-corrected chi connectivity index (χ0v) is 31.5. The number of hydrogen-bond acceptors (Lipinski definition) is 9. The van der Waals surface area contributed by atoms with Gasteiger partial charge in [0.25, 0.3) is 6.43 Å². The highest BCUT2D eigenvalue weighted by Gasteiger charge is 2.48. The number of halogens is 2. The number of fused-ring (bicyclic) bond motifs is 2. The average Bonchev–Trinajstić information content (AvgIpc) is 3.79. The average molecular weight is 755 g/mol. The Morgan fingerprint density at radius 2 is 1.69 bits per heavy atom. The molecule has 290 valence electrons. The molecule has 0 atom stereocenters. The van der Waals surface area contributed by atoms with Crippen molar-refractivity contribution in [2.45, 2.75) is 89.8 Å². The summed E-state index contributed by atoms with van der Waals surface area (Å²) < 4.78 is 33.3. The number of piperidine rings is 1. The molecule has 1 saturated carbocycles. The number of nitrogens with zero attached hydrogens (tertiary/aromatic N) is 10. The van der Waals surface area contributed by atoms with Crippen molar-refractivity contribution in [1.82, 2.24) is 39.3 Å². The smallest absolute Gasteiger partial charge is 0.338 e. The molecule has 5 aliphatic rings. The fraction of sp³-hybridized carbons (Fsp3) is 0.550. The summed E-state index contributed by atoms with van der Waals surface area (Å²) in [6, 6.07) is 4.38. The van der Waals surface area contributed by atoms with Crippen LogP contribution in [0.3, 0.4) is 0 Å². The van der Waals surface area contributed by atoms with Crippen LogP contribution in [0.1, 0.15) is 97.1 Å². The fourth-order valence-electron chi connectivity index (χ4n) is 9.95. The standard InChI is InChI=1S/C40H48F2N10O3/c1-25(53)49-15-9-34-33(22-49)37(51-12-3-4-26-16-31(28-20-45-47(2)21-28)32(36(41)42)17-35(26)51)46-52(34)30-5-10-40(11-6-30)23-50(24-40)29-7-13-48(14-8-29)39-43-18-27(19-44-39)38(54)55/h16-21,29-30,36H,3-15,22-24H2,1-2H3,(H,54,55). The van der Waals surface area contributed by atoms with Crippen LogP contribution in [0.15, 0.2) is 36.9 Å². The molecule has 0 bridgehead atoms. The fourth-order valence-corrected chi connectivity index (χ4v) is 9.95. The maximum Gasteiger partial charge on any atom is 0.338 e. The van der Waals surface area contributed by atoms with Gasteiger partial charge in [0.2, 0.25) is 11.9 Å². The van der Waals surface area contributed by atoms with E-state index >= 15 is 0 Å². The second-order valence-corrected chi connectivity index (χ2v) is 16.3. The molecule has 9 rings (SSSR count). The number of anilines is 3. The van der Waals surface area contributed by atoms with Gasteiger partial charge in [-0.1, -0.05) is 0 Å². The molecule has 4 aromatic rings. The molecule has 2 saturated heterocycles. The summed E-state index contributed by atoms with van der Waals surface area (Å²) in [5, 5.41) is 18.8. The SMILES string of the molecule is CC(=O)N1CCc2c(c(N3CCCc4cc(-c5cnn(C)c5)c(C(F)F)cc43)nn2C2CCC3(CC2)CN(C2CCN(c4ncc(C(=O)O)cn4)CC2)C3)C1. The predicted octanol–water partition coefficient (Wildman–Crippen LogP) is 5.78. The van der Waals surface area contributed by atoms with Crippen LogP contribution in [0.2, 0.25) is 0 Å². The van der Waals surface area contributed by atoms with E-state index in [9.17, 15) is 18.4 Å². The Morgan fingerprint density at radius 3 is 2.35 bits per heavy atom. The van der Waals surface area contributed by atoms with E-state index in [1.807, 2.05) is 11.0 Å². The van der Waals surface area contributed by atoms with Crippen LogP contribution in [0, 0.1) is 5.41 Å². The number of aryl methyl sites for hydroxylation is 2. The molecule has 13 nitrogen and oxygen atoms in total. The Hall–Kier alpha value is -4.92. The number of alkyl halides is 2. The summed E-state index contributed by atoms with van der Waals surface area (Å²) in [7, 11) is 1.79. The quantitative estimate of drug-likeness (QED) is 0.248. The molecule has 1 aromatic carbocycles. The number of likely N-dealkylation sites (tertiary alicyclic amines) is 1. The zero-order valence-electron chi connectivity index (χ0n) is 31.5. The second-order valence-electron chi connectivity index (χ2n) is 16.3.